The summed E-state index contributed by atoms with van der Waals surface area (Å²) in [7, 11) is 0. The minimum Gasteiger partial charge on any atom is -0.370 e. The van der Waals surface area contributed by atoms with Crippen molar-refractivity contribution >= 4 is 62.2 Å². The fourth-order valence-electron chi connectivity index (χ4n) is 2.13. The standard InChI is InChI=1S/C17H19I2N3/c1-14-13-16(22(11-9-18)12-10-19)7-8-17(14)21-20-15-5-3-2-4-6-15/h2-8,13H,9-12H2,1H3. The molecule has 3 nitrogen and oxygen atoms in total. The molecular weight excluding hydrogens is 500 g/mol. The summed E-state index contributed by atoms with van der Waals surface area (Å²) in [5.74, 6) is 0. The lowest BCUT2D eigenvalue weighted by atomic mass is 10.1. The normalized spacial score (nSPS) is 11.0. The second kappa shape index (κ2) is 9.44. The van der Waals surface area contributed by atoms with Crippen LogP contribution in [0.3, 0.4) is 0 Å². The Morgan fingerprint density at radius 3 is 2.18 bits per heavy atom. The van der Waals surface area contributed by atoms with E-state index in [1.807, 2.05) is 30.3 Å². The van der Waals surface area contributed by atoms with Gasteiger partial charge in [-0.15, -0.1) is 0 Å². The Morgan fingerprint density at radius 1 is 0.909 bits per heavy atom. The van der Waals surface area contributed by atoms with E-state index in [1.165, 1.54) is 5.69 Å². The molecule has 0 atom stereocenters. The van der Waals surface area contributed by atoms with Crippen LogP contribution in [0.4, 0.5) is 17.1 Å². The Morgan fingerprint density at radius 2 is 1.59 bits per heavy atom. The first-order valence-electron chi connectivity index (χ1n) is 7.19. The van der Waals surface area contributed by atoms with E-state index in [2.05, 4.69) is 85.4 Å². The van der Waals surface area contributed by atoms with Crippen LogP contribution in [-0.4, -0.2) is 21.9 Å². The topological polar surface area (TPSA) is 28.0 Å². The fraction of sp³-hybridized carbons (Fsp3) is 0.294. The average Bonchev–Trinajstić information content (AvgIpc) is 2.54. The zero-order valence-corrected chi connectivity index (χ0v) is 16.9. The van der Waals surface area contributed by atoms with E-state index in [0.29, 0.717) is 0 Å². The van der Waals surface area contributed by atoms with Gasteiger partial charge >= 0.3 is 0 Å². The lowest BCUT2D eigenvalue weighted by molar-refractivity contribution is 0.890. The monoisotopic (exact) mass is 519 g/mol. The largest absolute Gasteiger partial charge is 0.370 e. The molecule has 0 aliphatic rings. The van der Waals surface area contributed by atoms with Crippen molar-refractivity contribution in [2.24, 2.45) is 10.2 Å². The van der Waals surface area contributed by atoms with Crippen molar-refractivity contribution in [1.82, 2.24) is 0 Å². The third-order valence-electron chi connectivity index (χ3n) is 3.28. The van der Waals surface area contributed by atoms with Crippen molar-refractivity contribution in [3.8, 4) is 0 Å². The zero-order valence-electron chi connectivity index (χ0n) is 12.5. The molecule has 0 radical (unpaired) electrons. The van der Waals surface area contributed by atoms with Gasteiger partial charge in [0.2, 0.25) is 0 Å². The molecule has 0 aliphatic carbocycles. The van der Waals surface area contributed by atoms with Crippen LogP contribution in [0.1, 0.15) is 5.56 Å². The quantitative estimate of drug-likeness (QED) is 0.248. The van der Waals surface area contributed by atoms with Gasteiger partial charge in [0.25, 0.3) is 0 Å². The molecule has 116 valence electrons. The van der Waals surface area contributed by atoms with E-state index in [1.54, 1.807) is 0 Å². The van der Waals surface area contributed by atoms with Gasteiger partial charge < -0.3 is 4.90 Å². The third-order valence-corrected chi connectivity index (χ3v) is 4.25. The van der Waals surface area contributed by atoms with Gasteiger partial charge in [-0.2, -0.15) is 10.2 Å². The summed E-state index contributed by atoms with van der Waals surface area (Å²) < 4.78 is 2.26. The van der Waals surface area contributed by atoms with Crippen molar-refractivity contribution in [2.45, 2.75) is 6.92 Å². The van der Waals surface area contributed by atoms with Gasteiger partial charge in [-0.05, 0) is 42.8 Å². The number of aryl methyl sites for hydroxylation is 1. The van der Waals surface area contributed by atoms with Crippen LogP contribution < -0.4 is 4.90 Å². The molecule has 2 rings (SSSR count). The highest BCUT2D eigenvalue weighted by Crippen LogP contribution is 2.26. The summed E-state index contributed by atoms with van der Waals surface area (Å²) in [6.07, 6.45) is 0. The Hall–Kier alpha value is -0.700. The smallest absolute Gasteiger partial charge is 0.0887 e. The number of benzene rings is 2. The van der Waals surface area contributed by atoms with Crippen LogP contribution >= 0.6 is 45.2 Å². The van der Waals surface area contributed by atoms with Crippen LogP contribution in [0, 0.1) is 6.92 Å². The molecule has 2 aromatic carbocycles. The van der Waals surface area contributed by atoms with Crippen LogP contribution in [-0.2, 0) is 0 Å². The van der Waals surface area contributed by atoms with E-state index in [-0.39, 0.29) is 0 Å². The summed E-state index contributed by atoms with van der Waals surface area (Å²) in [4.78, 5) is 2.42. The molecule has 0 fully saturated rings. The first kappa shape index (κ1) is 17.7. The van der Waals surface area contributed by atoms with Crippen LogP contribution in [0.15, 0.2) is 58.8 Å². The molecule has 0 saturated heterocycles. The maximum Gasteiger partial charge on any atom is 0.0887 e. The molecule has 0 amide bonds. The fourth-order valence-corrected chi connectivity index (χ4v) is 3.29. The number of alkyl halides is 2. The molecule has 2 aromatic rings. The molecule has 0 aromatic heterocycles. The van der Waals surface area contributed by atoms with Gasteiger partial charge in [-0.3, -0.25) is 0 Å². The maximum atomic E-state index is 4.37. The predicted octanol–water partition coefficient (Wildman–Crippen LogP) is 6.09. The van der Waals surface area contributed by atoms with E-state index >= 15 is 0 Å². The maximum absolute atomic E-state index is 4.37. The first-order valence-corrected chi connectivity index (χ1v) is 10.2. The van der Waals surface area contributed by atoms with Gasteiger partial charge in [0.15, 0.2) is 0 Å². The number of anilines is 1. The van der Waals surface area contributed by atoms with Gasteiger partial charge in [-0.1, -0.05) is 63.4 Å². The third kappa shape index (κ3) is 5.19. The van der Waals surface area contributed by atoms with Crippen molar-refractivity contribution in [2.75, 3.05) is 26.8 Å². The number of halogens is 2. The van der Waals surface area contributed by atoms with E-state index in [9.17, 15) is 0 Å². The second-order valence-corrected chi connectivity index (χ2v) is 7.03. The molecule has 0 unspecified atom stereocenters. The average molecular weight is 519 g/mol. The zero-order chi connectivity index (χ0) is 15.8. The van der Waals surface area contributed by atoms with Gasteiger partial charge in [-0.25, -0.2) is 0 Å². The van der Waals surface area contributed by atoms with E-state index < -0.39 is 0 Å². The highest BCUT2D eigenvalue weighted by atomic mass is 127. The second-order valence-electron chi connectivity index (χ2n) is 4.87. The lowest BCUT2D eigenvalue weighted by Crippen LogP contribution is -2.27. The summed E-state index contributed by atoms with van der Waals surface area (Å²) >= 11 is 4.85. The number of hydrogen-bond acceptors (Lipinski definition) is 3. The number of azo groups is 1. The molecule has 22 heavy (non-hydrogen) atoms. The molecular formula is C17H19I2N3. The van der Waals surface area contributed by atoms with Gasteiger partial charge in [0, 0.05) is 27.6 Å². The Kier molecular flexibility index (Phi) is 7.57. The predicted molar refractivity (Wildman–Crippen MR) is 112 cm³/mol. The number of nitrogens with zero attached hydrogens (tertiary/aromatic N) is 3. The van der Waals surface area contributed by atoms with Crippen molar-refractivity contribution < 1.29 is 0 Å². The molecule has 0 heterocycles. The van der Waals surface area contributed by atoms with Crippen molar-refractivity contribution in [1.29, 1.82) is 0 Å². The Labute approximate surface area is 159 Å². The van der Waals surface area contributed by atoms with E-state index in [0.717, 1.165) is 38.9 Å². The van der Waals surface area contributed by atoms with E-state index in [4.69, 9.17) is 0 Å². The molecule has 5 heteroatoms. The molecule has 0 aliphatic heterocycles. The summed E-state index contributed by atoms with van der Waals surface area (Å²) in [5, 5.41) is 8.67. The Balaban J connectivity index is 2.17. The SMILES string of the molecule is Cc1cc(N(CCI)CCI)ccc1N=Nc1ccccc1. The summed E-state index contributed by atoms with van der Waals surface area (Å²) in [6, 6.07) is 16.2. The van der Waals surface area contributed by atoms with Crippen LogP contribution in [0.25, 0.3) is 0 Å². The Bertz CT molecular complexity index is 609. The molecule has 0 bridgehead atoms. The highest BCUT2D eigenvalue weighted by molar-refractivity contribution is 14.1. The lowest BCUT2D eigenvalue weighted by Gasteiger charge is -2.23. The molecule has 0 saturated carbocycles. The number of rotatable bonds is 7. The van der Waals surface area contributed by atoms with Crippen molar-refractivity contribution in [3.63, 3.8) is 0 Å². The van der Waals surface area contributed by atoms with Crippen LogP contribution in [0.5, 0.6) is 0 Å². The summed E-state index contributed by atoms with van der Waals surface area (Å²) in [6.45, 7) is 4.25. The minimum atomic E-state index is 0.877. The van der Waals surface area contributed by atoms with Gasteiger partial charge in [0.1, 0.15) is 0 Å². The summed E-state index contributed by atoms with van der Waals surface area (Å²) in [5.41, 5.74) is 4.23. The van der Waals surface area contributed by atoms with Gasteiger partial charge in [0.05, 0.1) is 11.4 Å². The van der Waals surface area contributed by atoms with Crippen LogP contribution in [0.2, 0.25) is 0 Å². The van der Waals surface area contributed by atoms with Crippen molar-refractivity contribution in [3.05, 3.63) is 54.1 Å². The first-order chi connectivity index (χ1) is 10.7. The highest BCUT2D eigenvalue weighted by Gasteiger charge is 2.07. The molecule has 0 spiro atoms. The number of hydrogen-bond donors (Lipinski definition) is 0. The molecule has 0 N–H and O–H groups in total. The minimum absolute atomic E-state index is 0.877.